The first-order chi connectivity index (χ1) is 9.56. The number of halogens is 1. The Morgan fingerprint density at radius 1 is 1.40 bits per heavy atom. The summed E-state index contributed by atoms with van der Waals surface area (Å²) in [6.07, 6.45) is 4.31. The standard InChI is InChI=1S/C13H14ClNO5/c14-11-7-10(5-6-12(11)15(17)18)20-13(16)8-19-9-3-1-2-4-9/h5-7,9H,1-4,8H2. The Morgan fingerprint density at radius 2 is 2.10 bits per heavy atom. The van der Waals surface area contributed by atoms with Crippen molar-refractivity contribution in [2.24, 2.45) is 0 Å². The van der Waals surface area contributed by atoms with Crippen molar-refractivity contribution >= 4 is 23.3 Å². The van der Waals surface area contributed by atoms with Crippen molar-refractivity contribution in [3.05, 3.63) is 33.3 Å². The second-order valence-electron chi connectivity index (χ2n) is 4.56. The van der Waals surface area contributed by atoms with E-state index in [0.29, 0.717) is 0 Å². The number of nitro groups is 1. The Hall–Kier alpha value is -1.66. The molecule has 0 atom stereocenters. The van der Waals surface area contributed by atoms with E-state index in [-0.39, 0.29) is 29.2 Å². The first-order valence-corrected chi connectivity index (χ1v) is 6.70. The maximum atomic E-state index is 11.6. The van der Waals surface area contributed by atoms with Crippen LogP contribution in [0, 0.1) is 10.1 Å². The van der Waals surface area contributed by atoms with Crippen LogP contribution in [0.25, 0.3) is 0 Å². The summed E-state index contributed by atoms with van der Waals surface area (Å²) in [5.74, 6) is -0.373. The number of ether oxygens (including phenoxy) is 2. The van der Waals surface area contributed by atoms with E-state index in [1.165, 1.54) is 18.2 Å². The van der Waals surface area contributed by atoms with Crippen molar-refractivity contribution in [2.45, 2.75) is 31.8 Å². The molecule has 1 aliphatic rings. The molecule has 0 N–H and O–H groups in total. The number of esters is 1. The lowest BCUT2D eigenvalue weighted by Crippen LogP contribution is -2.20. The van der Waals surface area contributed by atoms with E-state index < -0.39 is 10.9 Å². The summed E-state index contributed by atoms with van der Waals surface area (Å²) in [5.41, 5.74) is -0.228. The largest absolute Gasteiger partial charge is 0.425 e. The number of hydrogen-bond donors (Lipinski definition) is 0. The quantitative estimate of drug-likeness (QED) is 0.361. The Bertz CT molecular complexity index is 513. The smallest absolute Gasteiger partial charge is 0.337 e. The molecule has 0 amide bonds. The molecule has 0 aromatic heterocycles. The molecule has 0 saturated heterocycles. The number of rotatable bonds is 5. The molecule has 20 heavy (non-hydrogen) atoms. The van der Waals surface area contributed by atoms with E-state index in [0.717, 1.165) is 25.7 Å². The zero-order valence-electron chi connectivity index (χ0n) is 10.7. The first kappa shape index (κ1) is 14.7. The van der Waals surface area contributed by atoms with E-state index in [1.807, 2.05) is 0 Å². The highest BCUT2D eigenvalue weighted by molar-refractivity contribution is 6.32. The third kappa shape index (κ3) is 3.91. The van der Waals surface area contributed by atoms with Crippen molar-refractivity contribution in [3.63, 3.8) is 0 Å². The highest BCUT2D eigenvalue weighted by atomic mass is 35.5. The van der Waals surface area contributed by atoms with Gasteiger partial charge in [-0.3, -0.25) is 10.1 Å². The summed E-state index contributed by atoms with van der Waals surface area (Å²) in [5, 5.41) is 10.5. The van der Waals surface area contributed by atoms with Gasteiger partial charge in [-0.1, -0.05) is 24.4 Å². The maximum Gasteiger partial charge on any atom is 0.337 e. The third-order valence-electron chi connectivity index (χ3n) is 3.09. The van der Waals surface area contributed by atoms with Crippen LogP contribution in [-0.4, -0.2) is 23.6 Å². The fourth-order valence-electron chi connectivity index (χ4n) is 2.10. The Balaban J connectivity index is 1.87. The zero-order chi connectivity index (χ0) is 14.5. The Kier molecular flexibility index (Phi) is 4.92. The molecular formula is C13H14ClNO5. The summed E-state index contributed by atoms with van der Waals surface area (Å²) >= 11 is 5.72. The van der Waals surface area contributed by atoms with E-state index in [9.17, 15) is 14.9 Å². The van der Waals surface area contributed by atoms with Gasteiger partial charge in [0, 0.05) is 12.1 Å². The van der Waals surface area contributed by atoms with Crippen LogP contribution in [-0.2, 0) is 9.53 Å². The molecule has 7 heteroatoms. The topological polar surface area (TPSA) is 78.7 Å². The molecule has 0 radical (unpaired) electrons. The van der Waals surface area contributed by atoms with Gasteiger partial charge in [-0.2, -0.15) is 0 Å². The van der Waals surface area contributed by atoms with Gasteiger partial charge in [0.15, 0.2) is 0 Å². The molecule has 1 saturated carbocycles. The van der Waals surface area contributed by atoms with Crippen molar-refractivity contribution in [1.29, 1.82) is 0 Å². The van der Waals surface area contributed by atoms with Crippen molar-refractivity contribution < 1.29 is 19.2 Å². The second-order valence-corrected chi connectivity index (χ2v) is 4.97. The third-order valence-corrected chi connectivity index (χ3v) is 3.39. The van der Waals surface area contributed by atoms with Gasteiger partial charge in [0.05, 0.1) is 11.0 Å². The molecule has 0 aliphatic heterocycles. The van der Waals surface area contributed by atoms with Crippen LogP contribution in [0.3, 0.4) is 0 Å². The average molecular weight is 300 g/mol. The number of nitro benzene ring substituents is 1. The summed E-state index contributed by atoms with van der Waals surface area (Å²) in [4.78, 5) is 21.6. The van der Waals surface area contributed by atoms with Crippen LogP contribution in [0.1, 0.15) is 25.7 Å². The summed E-state index contributed by atoms with van der Waals surface area (Å²) in [7, 11) is 0. The van der Waals surface area contributed by atoms with E-state index >= 15 is 0 Å². The van der Waals surface area contributed by atoms with Gasteiger partial charge in [0.25, 0.3) is 5.69 Å². The molecule has 108 valence electrons. The van der Waals surface area contributed by atoms with Gasteiger partial charge in [-0.15, -0.1) is 0 Å². The fraction of sp³-hybridized carbons (Fsp3) is 0.462. The molecular weight excluding hydrogens is 286 g/mol. The van der Waals surface area contributed by atoms with Gasteiger partial charge < -0.3 is 9.47 Å². The molecule has 0 unspecified atom stereocenters. The van der Waals surface area contributed by atoms with Gasteiger partial charge in [-0.05, 0) is 18.9 Å². The molecule has 1 aromatic carbocycles. The molecule has 1 aromatic rings. The van der Waals surface area contributed by atoms with E-state index in [4.69, 9.17) is 21.1 Å². The summed E-state index contributed by atoms with van der Waals surface area (Å²) < 4.78 is 10.4. The minimum absolute atomic E-state index is 0.0722. The highest BCUT2D eigenvalue weighted by Gasteiger charge is 2.18. The molecule has 1 aliphatic carbocycles. The van der Waals surface area contributed by atoms with Crippen molar-refractivity contribution in [2.75, 3.05) is 6.61 Å². The van der Waals surface area contributed by atoms with Crippen LogP contribution in [0.5, 0.6) is 5.75 Å². The second kappa shape index (κ2) is 6.67. The maximum absolute atomic E-state index is 11.6. The van der Waals surface area contributed by atoms with Gasteiger partial charge in [0.2, 0.25) is 0 Å². The molecule has 0 spiro atoms. The molecule has 2 rings (SSSR count). The lowest BCUT2D eigenvalue weighted by Gasteiger charge is -2.10. The monoisotopic (exact) mass is 299 g/mol. The predicted octanol–water partition coefficient (Wildman–Crippen LogP) is 3.11. The summed E-state index contributed by atoms with van der Waals surface area (Å²) in [6, 6.07) is 3.77. The number of carbonyl (C=O) groups is 1. The van der Waals surface area contributed by atoms with Gasteiger partial charge >= 0.3 is 5.97 Å². The van der Waals surface area contributed by atoms with Crippen LogP contribution in [0.15, 0.2) is 18.2 Å². The first-order valence-electron chi connectivity index (χ1n) is 6.32. The number of carbonyl (C=O) groups excluding carboxylic acids is 1. The summed E-state index contributed by atoms with van der Waals surface area (Å²) in [6.45, 7) is -0.126. The van der Waals surface area contributed by atoms with Crippen molar-refractivity contribution in [1.82, 2.24) is 0 Å². The highest BCUT2D eigenvalue weighted by Crippen LogP contribution is 2.28. The number of nitrogens with zero attached hydrogens (tertiary/aromatic N) is 1. The normalized spacial score (nSPS) is 15.2. The Morgan fingerprint density at radius 3 is 2.70 bits per heavy atom. The Labute approximate surface area is 120 Å². The minimum atomic E-state index is -0.600. The predicted molar refractivity (Wildman–Crippen MR) is 71.9 cm³/mol. The minimum Gasteiger partial charge on any atom is -0.425 e. The SMILES string of the molecule is O=C(COC1CCCC1)Oc1ccc([N+](=O)[O-])c(Cl)c1. The fourth-order valence-corrected chi connectivity index (χ4v) is 2.34. The van der Waals surface area contributed by atoms with Gasteiger partial charge in [-0.25, -0.2) is 4.79 Å². The van der Waals surface area contributed by atoms with Crippen molar-refractivity contribution in [3.8, 4) is 5.75 Å². The lowest BCUT2D eigenvalue weighted by molar-refractivity contribution is -0.384. The lowest BCUT2D eigenvalue weighted by atomic mass is 10.3. The molecule has 6 nitrogen and oxygen atoms in total. The molecule has 0 heterocycles. The van der Waals surface area contributed by atoms with Crippen LogP contribution < -0.4 is 4.74 Å². The van der Waals surface area contributed by atoms with E-state index in [1.54, 1.807) is 0 Å². The van der Waals surface area contributed by atoms with Gasteiger partial charge in [0.1, 0.15) is 17.4 Å². The number of benzene rings is 1. The number of hydrogen-bond acceptors (Lipinski definition) is 5. The van der Waals surface area contributed by atoms with E-state index in [2.05, 4.69) is 0 Å². The van der Waals surface area contributed by atoms with Crippen LogP contribution in [0.4, 0.5) is 5.69 Å². The van der Waals surface area contributed by atoms with Crippen LogP contribution in [0.2, 0.25) is 5.02 Å². The molecule has 0 bridgehead atoms. The van der Waals surface area contributed by atoms with Crippen LogP contribution >= 0.6 is 11.6 Å². The molecule has 1 fully saturated rings. The average Bonchev–Trinajstić information content (AvgIpc) is 2.89. The zero-order valence-corrected chi connectivity index (χ0v) is 11.5.